The van der Waals surface area contributed by atoms with Crippen LogP contribution in [0.1, 0.15) is 18.9 Å². The highest BCUT2D eigenvalue weighted by Gasteiger charge is 2.20. The van der Waals surface area contributed by atoms with Crippen LogP contribution < -0.4 is 5.32 Å². The highest BCUT2D eigenvalue weighted by atomic mass is 32.2. The monoisotopic (exact) mass is 285 g/mol. The number of thioether (sulfide) groups is 1. The first-order valence-electron chi connectivity index (χ1n) is 6.09. The molecule has 0 radical (unpaired) electrons. The molecule has 1 aliphatic rings. The number of benzene rings is 1. The maximum Gasteiger partial charge on any atom is 0.175 e. The van der Waals surface area contributed by atoms with E-state index in [0.29, 0.717) is 10.9 Å². The van der Waals surface area contributed by atoms with Gasteiger partial charge in [-0.3, -0.25) is 0 Å². The number of nitrogens with one attached hydrogen (secondary N) is 1. The second kappa shape index (κ2) is 5.63. The Morgan fingerprint density at radius 3 is 2.50 bits per heavy atom. The van der Waals surface area contributed by atoms with Crippen LogP contribution in [0, 0.1) is 0 Å². The lowest BCUT2D eigenvalue weighted by Crippen LogP contribution is -2.28. The molecule has 1 heterocycles. The lowest BCUT2D eigenvalue weighted by atomic mass is 10.1. The summed E-state index contributed by atoms with van der Waals surface area (Å²) < 4.78 is 22.7. The van der Waals surface area contributed by atoms with Crippen LogP contribution in [-0.2, 0) is 16.4 Å². The molecule has 5 heteroatoms. The Bertz CT molecular complexity index is 496. The molecule has 2 unspecified atom stereocenters. The van der Waals surface area contributed by atoms with Crippen LogP contribution in [0.15, 0.2) is 29.2 Å². The number of hydrogen-bond acceptors (Lipinski definition) is 4. The fourth-order valence-corrected chi connectivity index (χ4v) is 3.89. The van der Waals surface area contributed by atoms with Gasteiger partial charge in [-0.2, -0.15) is 11.8 Å². The summed E-state index contributed by atoms with van der Waals surface area (Å²) in [5.41, 5.74) is 1.13. The maximum absolute atomic E-state index is 11.3. The molecule has 0 spiro atoms. The smallest absolute Gasteiger partial charge is 0.175 e. The van der Waals surface area contributed by atoms with Crippen LogP contribution in [0.4, 0.5) is 0 Å². The second-order valence-electron chi connectivity index (χ2n) is 4.87. The molecule has 100 valence electrons. The van der Waals surface area contributed by atoms with E-state index in [2.05, 4.69) is 12.2 Å². The highest BCUT2D eigenvalue weighted by Crippen LogP contribution is 2.26. The zero-order valence-corrected chi connectivity index (χ0v) is 12.4. The summed E-state index contributed by atoms with van der Waals surface area (Å²) in [5.74, 6) is 1.17. The zero-order valence-electron chi connectivity index (χ0n) is 10.7. The molecule has 1 aromatic carbocycles. The van der Waals surface area contributed by atoms with Gasteiger partial charge in [-0.05, 0) is 24.1 Å². The van der Waals surface area contributed by atoms with E-state index >= 15 is 0 Å². The SMILES string of the molecule is CC1CC(NCc2ccc(S(C)(=O)=O)cc2)CS1. The van der Waals surface area contributed by atoms with Gasteiger partial charge < -0.3 is 5.32 Å². The topological polar surface area (TPSA) is 46.2 Å². The van der Waals surface area contributed by atoms with Gasteiger partial charge >= 0.3 is 0 Å². The summed E-state index contributed by atoms with van der Waals surface area (Å²) in [5, 5.41) is 4.26. The Hall–Kier alpha value is -0.520. The third-order valence-corrected chi connectivity index (χ3v) is 5.63. The van der Waals surface area contributed by atoms with E-state index < -0.39 is 9.84 Å². The van der Waals surface area contributed by atoms with E-state index in [0.717, 1.165) is 17.4 Å². The van der Waals surface area contributed by atoms with Gasteiger partial charge in [-0.25, -0.2) is 8.42 Å². The summed E-state index contributed by atoms with van der Waals surface area (Å²) >= 11 is 2.00. The molecule has 1 aromatic rings. The van der Waals surface area contributed by atoms with Gasteiger partial charge in [-0.1, -0.05) is 19.1 Å². The van der Waals surface area contributed by atoms with Gasteiger partial charge in [0.1, 0.15) is 0 Å². The summed E-state index contributed by atoms with van der Waals surface area (Å²) in [4.78, 5) is 0.385. The first-order valence-corrected chi connectivity index (χ1v) is 9.03. The summed E-state index contributed by atoms with van der Waals surface area (Å²) in [6.45, 7) is 3.06. The minimum absolute atomic E-state index is 0.385. The Kier molecular flexibility index (Phi) is 4.35. The lowest BCUT2D eigenvalue weighted by Gasteiger charge is -2.11. The molecule has 2 rings (SSSR count). The largest absolute Gasteiger partial charge is 0.309 e. The molecule has 0 amide bonds. The van der Waals surface area contributed by atoms with Crippen molar-refractivity contribution in [3.63, 3.8) is 0 Å². The zero-order chi connectivity index (χ0) is 13.2. The Morgan fingerprint density at radius 2 is 2.00 bits per heavy atom. The van der Waals surface area contributed by atoms with Crippen molar-refractivity contribution in [3.05, 3.63) is 29.8 Å². The van der Waals surface area contributed by atoms with Crippen LogP contribution in [0.5, 0.6) is 0 Å². The predicted octanol–water partition coefficient (Wildman–Crippen LogP) is 2.07. The maximum atomic E-state index is 11.3. The molecule has 0 aromatic heterocycles. The average molecular weight is 285 g/mol. The van der Waals surface area contributed by atoms with E-state index in [-0.39, 0.29) is 0 Å². The summed E-state index contributed by atoms with van der Waals surface area (Å²) in [6.07, 6.45) is 2.45. The van der Waals surface area contributed by atoms with Crippen molar-refractivity contribution in [1.82, 2.24) is 5.32 Å². The average Bonchev–Trinajstić information content (AvgIpc) is 2.72. The first kappa shape index (κ1) is 13.9. The van der Waals surface area contributed by atoms with E-state index in [1.54, 1.807) is 12.1 Å². The van der Waals surface area contributed by atoms with E-state index in [1.807, 2.05) is 23.9 Å². The van der Waals surface area contributed by atoms with Crippen molar-refractivity contribution in [1.29, 1.82) is 0 Å². The Balaban J connectivity index is 1.91. The third-order valence-electron chi connectivity index (χ3n) is 3.14. The lowest BCUT2D eigenvalue weighted by molar-refractivity contribution is 0.538. The molecule has 0 bridgehead atoms. The molecule has 1 fully saturated rings. The quantitative estimate of drug-likeness (QED) is 0.920. The van der Waals surface area contributed by atoms with Crippen molar-refractivity contribution in [2.75, 3.05) is 12.0 Å². The van der Waals surface area contributed by atoms with Crippen molar-refractivity contribution in [3.8, 4) is 0 Å². The number of rotatable bonds is 4. The minimum Gasteiger partial charge on any atom is -0.309 e. The van der Waals surface area contributed by atoms with Gasteiger partial charge in [0.2, 0.25) is 0 Å². The number of sulfone groups is 1. The molecule has 0 aliphatic carbocycles. The van der Waals surface area contributed by atoms with Crippen LogP contribution in [0.3, 0.4) is 0 Å². The Labute approximate surface area is 113 Å². The van der Waals surface area contributed by atoms with E-state index in [4.69, 9.17) is 0 Å². The molecule has 3 nitrogen and oxygen atoms in total. The van der Waals surface area contributed by atoms with Gasteiger partial charge in [0.15, 0.2) is 9.84 Å². The van der Waals surface area contributed by atoms with Gasteiger partial charge in [0.05, 0.1) is 4.90 Å². The summed E-state index contributed by atoms with van der Waals surface area (Å²) in [7, 11) is -3.08. The number of hydrogen-bond donors (Lipinski definition) is 1. The predicted molar refractivity (Wildman–Crippen MR) is 76.7 cm³/mol. The fraction of sp³-hybridized carbons (Fsp3) is 0.538. The van der Waals surface area contributed by atoms with Crippen LogP contribution >= 0.6 is 11.8 Å². The van der Waals surface area contributed by atoms with Crippen molar-refractivity contribution in [2.45, 2.75) is 36.1 Å². The van der Waals surface area contributed by atoms with Gasteiger partial charge in [0, 0.05) is 29.8 Å². The molecule has 1 aliphatic heterocycles. The van der Waals surface area contributed by atoms with E-state index in [9.17, 15) is 8.42 Å². The van der Waals surface area contributed by atoms with Gasteiger partial charge in [-0.15, -0.1) is 0 Å². The van der Waals surface area contributed by atoms with Crippen molar-refractivity contribution < 1.29 is 8.42 Å². The Morgan fingerprint density at radius 1 is 1.33 bits per heavy atom. The molecule has 0 saturated carbocycles. The van der Waals surface area contributed by atoms with Gasteiger partial charge in [0.25, 0.3) is 0 Å². The van der Waals surface area contributed by atoms with Crippen molar-refractivity contribution in [2.24, 2.45) is 0 Å². The fourth-order valence-electron chi connectivity index (χ4n) is 2.08. The standard InChI is InChI=1S/C13H19NO2S2/c1-10-7-12(9-17-10)14-8-11-3-5-13(6-4-11)18(2,15)16/h3-6,10,12,14H,7-9H2,1-2H3. The highest BCUT2D eigenvalue weighted by molar-refractivity contribution is 8.00. The normalized spacial score (nSPS) is 24.3. The second-order valence-corrected chi connectivity index (χ2v) is 8.36. The summed E-state index contributed by atoms with van der Waals surface area (Å²) in [6, 6.07) is 7.71. The molecule has 1 N–H and O–H groups in total. The first-order chi connectivity index (χ1) is 8.45. The third kappa shape index (κ3) is 3.73. The molecule has 1 saturated heterocycles. The van der Waals surface area contributed by atoms with Crippen molar-refractivity contribution >= 4 is 21.6 Å². The molecular weight excluding hydrogens is 266 g/mol. The van der Waals surface area contributed by atoms with Crippen LogP contribution in [0.2, 0.25) is 0 Å². The van der Waals surface area contributed by atoms with Crippen LogP contribution in [-0.4, -0.2) is 31.7 Å². The molecule has 18 heavy (non-hydrogen) atoms. The minimum atomic E-state index is -3.08. The van der Waals surface area contributed by atoms with Crippen LogP contribution in [0.25, 0.3) is 0 Å². The molecular formula is C13H19NO2S2. The molecule has 2 atom stereocenters. The van der Waals surface area contributed by atoms with E-state index in [1.165, 1.54) is 18.4 Å².